The number of hydrogen-bond donors (Lipinski definition) is 2. The highest BCUT2D eigenvalue weighted by Crippen LogP contribution is 2.29. The van der Waals surface area contributed by atoms with Gasteiger partial charge in [-0.15, -0.1) is 0 Å². The summed E-state index contributed by atoms with van der Waals surface area (Å²) in [5, 5.41) is 0. The quantitative estimate of drug-likeness (QED) is 0.632. The Morgan fingerprint density at radius 1 is 1.21 bits per heavy atom. The molecular formula is C24H33N5O4. The van der Waals surface area contributed by atoms with Gasteiger partial charge >= 0.3 is 5.69 Å². The molecule has 9 heteroatoms. The van der Waals surface area contributed by atoms with Gasteiger partial charge in [-0.2, -0.15) is 0 Å². The average molecular weight is 456 g/mol. The number of nitrogens with one attached hydrogen (secondary N) is 1. The van der Waals surface area contributed by atoms with Crippen LogP contribution in [-0.2, 0) is 16.1 Å². The highest BCUT2D eigenvalue weighted by molar-refractivity contribution is 6.05. The van der Waals surface area contributed by atoms with Crippen LogP contribution in [0, 0.1) is 18.8 Å². The van der Waals surface area contributed by atoms with Crippen molar-refractivity contribution in [2.45, 2.75) is 53.5 Å². The van der Waals surface area contributed by atoms with Gasteiger partial charge < -0.3 is 15.5 Å². The van der Waals surface area contributed by atoms with E-state index in [1.54, 1.807) is 4.90 Å². The molecule has 0 radical (unpaired) electrons. The van der Waals surface area contributed by atoms with Crippen LogP contribution in [0.1, 0.15) is 45.6 Å². The van der Waals surface area contributed by atoms with Gasteiger partial charge in [0.25, 0.3) is 5.56 Å². The van der Waals surface area contributed by atoms with Crippen LogP contribution < -0.4 is 26.8 Å². The Morgan fingerprint density at radius 2 is 1.88 bits per heavy atom. The average Bonchev–Trinajstić information content (AvgIpc) is 3.14. The molecule has 0 aliphatic carbocycles. The second-order valence-electron chi connectivity index (χ2n) is 9.08. The smallest absolute Gasteiger partial charge is 0.330 e. The lowest BCUT2D eigenvalue weighted by Gasteiger charge is -2.28. The molecule has 1 aromatic carbocycles. The van der Waals surface area contributed by atoms with Crippen LogP contribution in [-0.4, -0.2) is 34.5 Å². The number of anilines is 3. The number of nitrogens with zero attached hydrogens (tertiary/aromatic N) is 3. The molecule has 0 bridgehead atoms. The van der Waals surface area contributed by atoms with Crippen LogP contribution >= 0.6 is 0 Å². The minimum Gasteiger partial charge on any atom is -0.383 e. The predicted octanol–water partition coefficient (Wildman–Crippen LogP) is 2.27. The van der Waals surface area contributed by atoms with Crippen molar-refractivity contribution in [2.75, 3.05) is 28.6 Å². The van der Waals surface area contributed by atoms with Crippen molar-refractivity contribution in [1.29, 1.82) is 0 Å². The van der Waals surface area contributed by atoms with Gasteiger partial charge in [-0.05, 0) is 31.4 Å². The lowest BCUT2D eigenvalue weighted by Crippen LogP contribution is -2.45. The van der Waals surface area contributed by atoms with E-state index in [4.69, 9.17) is 5.73 Å². The van der Waals surface area contributed by atoms with Crippen molar-refractivity contribution in [1.82, 2.24) is 9.55 Å². The minimum atomic E-state index is -0.695. The maximum absolute atomic E-state index is 13.6. The fraction of sp³-hybridized carbons (Fsp3) is 0.500. The highest BCUT2D eigenvalue weighted by atomic mass is 16.2. The van der Waals surface area contributed by atoms with E-state index in [-0.39, 0.29) is 48.7 Å². The molecule has 3 rings (SSSR count). The van der Waals surface area contributed by atoms with E-state index in [9.17, 15) is 19.2 Å². The van der Waals surface area contributed by atoms with Crippen LogP contribution in [0.2, 0.25) is 0 Å². The molecule has 3 N–H and O–H groups in total. The molecule has 1 atom stereocenters. The lowest BCUT2D eigenvalue weighted by molar-refractivity contribution is -0.124. The molecule has 2 amide bonds. The molecule has 9 nitrogen and oxygen atoms in total. The Hall–Kier alpha value is -3.36. The highest BCUT2D eigenvalue weighted by Gasteiger charge is 2.39. The number of aryl methyl sites for hydroxylation is 1. The second-order valence-corrected chi connectivity index (χ2v) is 9.08. The Bertz CT molecular complexity index is 1130. The zero-order chi connectivity index (χ0) is 24.3. The summed E-state index contributed by atoms with van der Waals surface area (Å²) in [5.41, 5.74) is 6.78. The van der Waals surface area contributed by atoms with Crippen molar-refractivity contribution in [2.24, 2.45) is 11.8 Å². The number of carbonyl (C=O) groups excluding carboxylic acids is 2. The molecule has 0 unspecified atom stereocenters. The molecule has 0 spiro atoms. The number of amides is 2. The van der Waals surface area contributed by atoms with Gasteiger partial charge in [0.1, 0.15) is 5.82 Å². The summed E-state index contributed by atoms with van der Waals surface area (Å²) in [6.07, 6.45) is 1.60. The zero-order valence-electron chi connectivity index (χ0n) is 19.8. The van der Waals surface area contributed by atoms with Crippen molar-refractivity contribution in [3.05, 3.63) is 50.7 Å². The molecule has 1 aliphatic heterocycles. The van der Waals surface area contributed by atoms with Crippen LogP contribution in [0.4, 0.5) is 17.2 Å². The molecule has 1 aromatic heterocycles. The summed E-state index contributed by atoms with van der Waals surface area (Å²) in [7, 11) is 0. The molecule has 2 aromatic rings. The Labute approximate surface area is 193 Å². The molecule has 1 saturated heterocycles. The van der Waals surface area contributed by atoms with E-state index in [1.165, 1.54) is 9.47 Å². The number of carbonyl (C=O) groups is 2. The zero-order valence-corrected chi connectivity index (χ0v) is 19.8. The first-order valence-electron chi connectivity index (χ1n) is 11.4. The van der Waals surface area contributed by atoms with E-state index in [0.717, 1.165) is 17.7 Å². The monoisotopic (exact) mass is 455 g/mol. The van der Waals surface area contributed by atoms with Crippen LogP contribution in [0.3, 0.4) is 0 Å². The SMILES string of the molecule is CCCCn1c(N)c(N(CC(C)C)C(=O)[C@@H]2CC(=O)N(c3ccc(C)cc3)C2)c(=O)[nH]c1=O. The number of benzene rings is 1. The van der Waals surface area contributed by atoms with Crippen LogP contribution in [0.25, 0.3) is 0 Å². The summed E-state index contributed by atoms with van der Waals surface area (Å²) in [5.74, 6) is -1.09. The standard InChI is InChI=1S/C24H33N5O4/c1-5-6-11-27-21(25)20(22(31)26-24(27)33)29(13-15(2)3)23(32)17-12-19(30)28(14-17)18-9-7-16(4)8-10-18/h7-10,15,17H,5-6,11-14,25H2,1-4H3,(H,26,31,33)/t17-/m1/s1. The molecular weight excluding hydrogens is 422 g/mol. The summed E-state index contributed by atoms with van der Waals surface area (Å²) in [4.78, 5) is 56.7. The fourth-order valence-electron chi connectivity index (χ4n) is 4.10. The topological polar surface area (TPSA) is 121 Å². The third kappa shape index (κ3) is 5.18. The number of nitrogens with two attached hydrogens (primary N) is 1. The molecule has 2 heterocycles. The number of hydrogen-bond acceptors (Lipinski definition) is 5. The van der Waals surface area contributed by atoms with Gasteiger partial charge in [0, 0.05) is 31.7 Å². The molecule has 33 heavy (non-hydrogen) atoms. The first-order chi connectivity index (χ1) is 15.6. The van der Waals surface area contributed by atoms with Crippen molar-refractivity contribution < 1.29 is 9.59 Å². The van der Waals surface area contributed by atoms with E-state index < -0.39 is 17.2 Å². The molecule has 1 fully saturated rings. The van der Waals surface area contributed by atoms with Gasteiger partial charge in [-0.3, -0.25) is 23.9 Å². The van der Waals surface area contributed by atoms with Gasteiger partial charge in [-0.1, -0.05) is 44.9 Å². The van der Waals surface area contributed by atoms with Gasteiger partial charge in [0.2, 0.25) is 11.8 Å². The number of H-pyrrole nitrogens is 1. The molecule has 0 saturated carbocycles. The van der Waals surface area contributed by atoms with Gasteiger partial charge in [-0.25, -0.2) is 4.79 Å². The van der Waals surface area contributed by atoms with E-state index >= 15 is 0 Å². The first kappa shape index (κ1) is 24.3. The molecule has 178 valence electrons. The summed E-state index contributed by atoms with van der Waals surface area (Å²) in [6.45, 7) is 8.62. The third-order valence-corrected chi connectivity index (χ3v) is 5.85. The number of unbranched alkanes of at least 4 members (excludes halogenated alkanes) is 1. The van der Waals surface area contributed by atoms with Crippen molar-refractivity contribution in [3.63, 3.8) is 0 Å². The van der Waals surface area contributed by atoms with Gasteiger partial charge in [0.15, 0.2) is 5.69 Å². The van der Waals surface area contributed by atoms with E-state index in [2.05, 4.69) is 4.98 Å². The minimum absolute atomic E-state index is 0.0223. The summed E-state index contributed by atoms with van der Waals surface area (Å²) < 4.78 is 1.30. The Balaban J connectivity index is 1.96. The maximum Gasteiger partial charge on any atom is 0.330 e. The predicted molar refractivity (Wildman–Crippen MR) is 129 cm³/mol. The number of rotatable bonds is 8. The van der Waals surface area contributed by atoms with E-state index in [1.807, 2.05) is 52.0 Å². The normalized spacial score (nSPS) is 16.0. The fourth-order valence-corrected chi connectivity index (χ4v) is 4.10. The van der Waals surface area contributed by atoms with Crippen LogP contribution in [0.15, 0.2) is 33.9 Å². The number of aromatic nitrogens is 2. The second kappa shape index (κ2) is 10.1. The molecule has 1 aliphatic rings. The number of aromatic amines is 1. The maximum atomic E-state index is 13.6. The van der Waals surface area contributed by atoms with E-state index in [0.29, 0.717) is 13.0 Å². The summed E-state index contributed by atoms with van der Waals surface area (Å²) in [6, 6.07) is 7.56. The Kier molecular flexibility index (Phi) is 7.40. The number of nitrogen functional groups attached to an aromatic ring is 1. The van der Waals surface area contributed by atoms with Crippen LogP contribution in [0.5, 0.6) is 0 Å². The summed E-state index contributed by atoms with van der Waals surface area (Å²) >= 11 is 0. The Morgan fingerprint density at radius 3 is 2.48 bits per heavy atom. The van der Waals surface area contributed by atoms with Gasteiger partial charge in [0.05, 0.1) is 5.92 Å². The van der Waals surface area contributed by atoms with Crippen molar-refractivity contribution >= 4 is 29.0 Å². The lowest BCUT2D eigenvalue weighted by atomic mass is 10.1. The first-order valence-corrected chi connectivity index (χ1v) is 11.4. The van der Waals surface area contributed by atoms with Crippen molar-refractivity contribution in [3.8, 4) is 0 Å². The largest absolute Gasteiger partial charge is 0.383 e. The third-order valence-electron chi connectivity index (χ3n) is 5.85.